The van der Waals surface area contributed by atoms with Crippen molar-refractivity contribution in [2.24, 2.45) is 5.92 Å². The van der Waals surface area contributed by atoms with E-state index in [1.165, 1.54) is 30.4 Å². The van der Waals surface area contributed by atoms with Gasteiger partial charge in [0.1, 0.15) is 17.6 Å². The number of hydrogen-bond acceptors (Lipinski definition) is 3. The van der Waals surface area contributed by atoms with Crippen molar-refractivity contribution in [3.05, 3.63) is 23.3 Å². The van der Waals surface area contributed by atoms with Gasteiger partial charge in [0.15, 0.2) is 0 Å². The third-order valence-corrected chi connectivity index (χ3v) is 4.35. The minimum Gasteiger partial charge on any atom is -0.494 e. The highest BCUT2D eigenvalue weighted by atomic mass is 16.5. The Hall–Kier alpha value is -1.22. The van der Waals surface area contributed by atoms with E-state index < -0.39 is 0 Å². The molecule has 1 aromatic carbocycles. The molecule has 0 bridgehead atoms. The highest BCUT2D eigenvalue weighted by Gasteiger charge is 2.22. The molecule has 1 aliphatic carbocycles. The third-order valence-electron chi connectivity index (χ3n) is 4.35. The van der Waals surface area contributed by atoms with Crippen LogP contribution in [0.25, 0.3) is 0 Å². The molecule has 1 aliphatic heterocycles. The predicted molar refractivity (Wildman–Crippen MR) is 80.5 cm³/mol. The molecule has 1 fully saturated rings. The molecule has 1 unspecified atom stereocenters. The fourth-order valence-corrected chi connectivity index (χ4v) is 3.02. The van der Waals surface area contributed by atoms with Gasteiger partial charge in [0.2, 0.25) is 0 Å². The standard InChI is InChI=1S/C17H25NO2/c1-3-19-16-8-14-7-12(2)20-17(14)9-15(16)11-18-10-13-5-4-6-13/h8-9,12-13,18H,3-7,10-11H2,1-2H3. The van der Waals surface area contributed by atoms with Crippen LogP contribution in [-0.4, -0.2) is 19.3 Å². The van der Waals surface area contributed by atoms with Gasteiger partial charge in [-0.3, -0.25) is 0 Å². The highest BCUT2D eigenvalue weighted by molar-refractivity contribution is 5.48. The molecule has 1 N–H and O–H groups in total. The van der Waals surface area contributed by atoms with Crippen LogP contribution >= 0.6 is 0 Å². The van der Waals surface area contributed by atoms with Crippen LogP contribution in [0, 0.1) is 5.92 Å². The van der Waals surface area contributed by atoms with Gasteiger partial charge in [-0.25, -0.2) is 0 Å². The molecule has 3 nitrogen and oxygen atoms in total. The Morgan fingerprint density at radius 2 is 2.20 bits per heavy atom. The van der Waals surface area contributed by atoms with Gasteiger partial charge in [0.25, 0.3) is 0 Å². The van der Waals surface area contributed by atoms with Gasteiger partial charge in [-0.05, 0) is 51.3 Å². The van der Waals surface area contributed by atoms with Gasteiger partial charge in [0.05, 0.1) is 6.61 Å². The van der Waals surface area contributed by atoms with Crippen molar-refractivity contribution in [3.8, 4) is 11.5 Å². The maximum atomic E-state index is 5.86. The quantitative estimate of drug-likeness (QED) is 0.864. The molecular formula is C17H25NO2. The predicted octanol–water partition coefficient (Wildman–Crippen LogP) is 3.30. The molecule has 0 saturated heterocycles. The van der Waals surface area contributed by atoms with Crippen molar-refractivity contribution in [1.29, 1.82) is 0 Å². The van der Waals surface area contributed by atoms with Crippen molar-refractivity contribution in [2.45, 2.75) is 52.2 Å². The molecular weight excluding hydrogens is 250 g/mol. The molecule has 0 aromatic heterocycles. The molecule has 3 rings (SSSR count). The van der Waals surface area contributed by atoms with Crippen molar-refractivity contribution in [2.75, 3.05) is 13.2 Å². The van der Waals surface area contributed by atoms with Crippen LogP contribution in [0.15, 0.2) is 12.1 Å². The molecule has 1 saturated carbocycles. The van der Waals surface area contributed by atoms with E-state index in [-0.39, 0.29) is 6.10 Å². The van der Waals surface area contributed by atoms with E-state index in [4.69, 9.17) is 9.47 Å². The van der Waals surface area contributed by atoms with Crippen molar-refractivity contribution < 1.29 is 9.47 Å². The van der Waals surface area contributed by atoms with Crippen LogP contribution in [0.1, 0.15) is 44.2 Å². The summed E-state index contributed by atoms with van der Waals surface area (Å²) in [5.41, 5.74) is 2.50. The zero-order valence-corrected chi connectivity index (χ0v) is 12.6. The molecule has 20 heavy (non-hydrogen) atoms. The lowest BCUT2D eigenvalue weighted by Gasteiger charge is -2.25. The van der Waals surface area contributed by atoms with Crippen molar-refractivity contribution in [1.82, 2.24) is 5.32 Å². The molecule has 2 aliphatic rings. The second-order valence-electron chi connectivity index (χ2n) is 6.06. The number of ether oxygens (including phenoxy) is 2. The number of hydrogen-bond donors (Lipinski definition) is 1. The summed E-state index contributed by atoms with van der Waals surface area (Å²) in [7, 11) is 0. The summed E-state index contributed by atoms with van der Waals surface area (Å²) in [5, 5.41) is 3.57. The minimum atomic E-state index is 0.290. The summed E-state index contributed by atoms with van der Waals surface area (Å²) < 4.78 is 11.7. The second kappa shape index (κ2) is 6.04. The Labute approximate surface area is 121 Å². The Bertz CT molecular complexity index is 468. The maximum Gasteiger partial charge on any atom is 0.124 e. The Kier molecular flexibility index (Phi) is 4.16. The van der Waals surface area contributed by atoms with Crippen LogP contribution in [0.2, 0.25) is 0 Å². The van der Waals surface area contributed by atoms with Gasteiger partial charge in [-0.1, -0.05) is 6.42 Å². The average molecular weight is 275 g/mol. The lowest BCUT2D eigenvalue weighted by atomic mass is 9.85. The fourth-order valence-electron chi connectivity index (χ4n) is 3.02. The SMILES string of the molecule is CCOc1cc2c(cc1CNCC1CCC1)OC(C)C2. The van der Waals surface area contributed by atoms with E-state index >= 15 is 0 Å². The van der Waals surface area contributed by atoms with E-state index in [2.05, 4.69) is 24.4 Å². The van der Waals surface area contributed by atoms with Gasteiger partial charge < -0.3 is 14.8 Å². The molecule has 1 heterocycles. The van der Waals surface area contributed by atoms with Gasteiger partial charge in [0, 0.05) is 24.1 Å². The molecule has 1 atom stereocenters. The Balaban J connectivity index is 1.68. The number of nitrogens with one attached hydrogen (secondary N) is 1. The lowest BCUT2D eigenvalue weighted by molar-refractivity contribution is 0.254. The van der Waals surface area contributed by atoms with E-state index in [9.17, 15) is 0 Å². The van der Waals surface area contributed by atoms with Crippen LogP contribution in [0.5, 0.6) is 11.5 Å². The van der Waals surface area contributed by atoms with E-state index in [0.29, 0.717) is 6.61 Å². The van der Waals surface area contributed by atoms with Crippen LogP contribution in [-0.2, 0) is 13.0 Å². The van der Waals surface area contributed by atoms with Crippen molar-refractivity contribution in [3.63, 3.8) is 0 Å². The van der Waals surface area contributed by atoms with Crippen LogP contribution < -0.4 is 14.8 Å². The lowest BCUT2D eigenvalue weighted by Crippen LogP contribution is -2.27. The van der Waals surface area contributed by atoms with Crippen LogP contribution in [0.3, 0.4) is 0 Å². The molecule has 0 spiro atoms. The number of rotatable bonds is 6. The number of benzene rings is 1. The summed E-state index contributed by atoms with van der Waals surface area (Å²) in [4.78, 5) is 0. The first-order valence-corrected chi connectivity index (χ1v) is 7.92. The molecule has 0 amide bonds. The zero-order chi connectivity index (χ0) is 13.9. The van der Waals surface area contributed by atoms with Gasteiger partial charge >= 0.3 is 0 Å². The maximum absolute atomic E-state index is 5.86. The van der Waals surface area contributed by atoms with Gasteiger partial charge in [-0.2, -0.15) is 0 Å². The monoisotopic (exact) mass is 275 g/mol. The smallest absolute Gasteiger partial charge is 0.124 e. The summed E-state index contributed by atoms with van der Waals surface area (Å²) in [6, 6.07) is 4.33. The summed E-state index contributed by atoms with van der Waals surface area (Å²) in [6.07, 6.45) is 5.45. The highest BCUT2D eigenvalue weighted by Crippen LogP contribution is 2.35. The fraction of sp³-hybridized carbons (Fsp3) is 0.647. The first-order chi connectivity index (χ1) is 9.76. The van der Waals surface area contributed by atoms with Crippen molar-refractivity contribution >= 4 is 0 Å². The first kappa shape index (κ1) is 13.7. The van der Waals surface area contributed by atoms with E-state index in [0.717, 1.165) is 36.9 Å². The first-order valence-electron chi connectivity index (χ1n) is 7.92. The summed E-state index contributed by atoms with van der Waals surface area (Å²) in [6.45, 7) is 6.87. The molecule has 0 radical (unpaired) electrons. The summed E-state index contributed by atoms with van der Waals surface area (Å²) in [5.74, 6) is 2.95. The molecule has 110 valence electrons. The largest absolute Gasteiger partial charge is 0.494 e. The van der Waals surface area contributed by atoms with Gasteiger partial charge in [-0.15, -0.1) is 0 Å². The average Bonchev–Trinajstić information content (AvgIpc) is 2.72. The summed E-state index contributed by atoms with van der Waals surface area (Å²) >= 11 is 0. The normalized spacial score (nSPS) is 21.2. The number of fused-ring (bicyclic) bond motifs is 1. The molecule has 1 aromatic rings. The Morgan fingerprint density at radius 1 is 1.35 bits per heavy atom. The van der Waals surface area contributed by atoms with E-state index in [1.807, 2.05) is 6.92 Å². The van der Waals surface area contributed by atoms with Crippen LogP contribution in [0.4, 0.5) is 0 Å². The Morgan fingerprint density at radius 3 is 2.90 bits per heavy atom. The topological polar surface area (TPSA) is 30.5 Å². The third kappa shape index (κ3) is 2.93. The minimum absolute atomic E-state index is 0.290. The zero-order valence-electron chi connectivity index (χ0n) is 12.6. The second-order valence-corrected chi connectivity index (χ2v) is 6.06. The molecule has 3 heteroatoms. The van der Waals surface area contributed by atoms with E-state index in [1.54, 1.807) is 0 Å².